The molecule has 1 aliphatic rings. The number of rotatable bonds is 5. The highest BCUT2D eigenvalue weighted by molar-refractivity contribution is 7.91. The van der Waals surface area contributed by atoms with E-state index in [0.717, 1.165) is 0 Å². The average molecular weight is 292 g/mol. The number of hydrogen-bond acceptors (Lipinski definition) is 5. The summed E-state index contributed by atoms with van der Waals surface area (Å²) in [6.45, 7) is 4.14. The number of aromatic nitrogens is 1. The summed E-state index contributed by atoms with van der Waals surface area (Å²) < 4.78 is 32.1. The summed E-state index contributed by atoms with van der Waals surface area (Å²) in [6.07, 6.45) is 1.52. The molecule has 1 fully saturated rings. The van der Waals surface area contributed by atoms with Crippen LogP contribution in [0.4, 0.5) is 0 Å². The number of aryl methyl sites for hydroxylation is 1. The lowest BCUT2D eigenvalue weighted by atomic mass is 9.90. The van der Waals surface area contributed by atoms with Crippen LogP contribution in [0.15, 0.2) is 9.00 Å². The monoisotopic (exact) mass is 292 g/mol. The van der Waals surface area contributed by atoms with Gasteiger partial charge in [0.25, 0.3) is 10.0 Å². The van der Waals surface area contributed by atoms with Gasteiger partial charge in [0.2, 0.25) is 0 Å². The lowest BCUT2D eigenvalue weighted by Crippen LogP contribution is -2.47. The van der Waals surface area contributed by atoms with Gasteiger partial charge >= 0.3 is 4.87 Å². The van der Waals surface area contributed by atoms with Crippen LogP contribution in [-0.2, 0) is 14.8 Å². The van der Waals surface area contributed by atoms with Crippen LogP contribution in [0, 0.1) is 6.92 Å². The standard InChI is InChI=1S/C10H16N2O4S2/c1-3-16-8-4-7(5-8)12-18(14,15)9-6(2)11-10(13)17-9/h7-8,12H,3-5H2,1-2H3,(H,11,13). The molecule has 0 atom stereocenters. The molecule has 0 spiro atoms. The molecule has 0 saturated heterocycles. The zero-order chi connectivity index (χ0) is 13.3. The minimum atomic E-state index is -3.59. The van der Waals surface area contributed by atoms with Crippen LogP contribution in [0.1, 0.15) is 25.5 Å². The fourth-order valence-corrected chi connectivity index (χ4v) is 4.53. The number of ether oxygens (including phenoxy) is 1. The third-order valence-corrected chi connectivity index (χ3v) is 5.97. The fraction of sp³-hybridized carbons (Fsp3) is 0.700. The first-order valence-electron chi connectivity index (χ1n) is 5.76. The minimum Gasteiger partial charge on any atom is -0.378 e. The zero-order valence-corrected chi connectivity index (χ0v) is 11.9. The van der Waals surface area contributed by atoms with E-state index in [1.807, 2.05) is 6.92 Å². The van der Waals surface area contributed by atoms with Gasteiger partial charge in [0.1, 0.15) is 0 Å². The Morgan fingerprint density at radius 1 is 1.50 bits per heavy atom. The van der Waals surface area contributed by atoms with Crippen molar-refractivity contribution in [1.29, 1.82) is 0 Å². The fourth-order valence-electron chi connectivity index (χ4n) is 1.95. The highest BCUT2D eigenvalue weighted by atomic mass is 32.2. The van der Waals surface area contributed by atoms with Crippen LogP contribution < -0.4 is 9.60 Å². The Morgan fingerprint density at radius 3 is 2.67 bits per heavy atom. The van der Waals surface area contributed by atoms with Crippen LogP contribution in [0.5, 0.6) is 0 Å². The van der Waals surface area contributed by atoms with Gasteiger partial charge in [-0.3, -0.25) is 4.79 Å². The van der Waals surface area contributed by atoms with Crippen molar-refractivity contribution in [2.45, 2.75) is 43.0 Å². The van der Waals surface area contributed by atoms with Crippen molar-refractivity contribution in [1.82, 2.24) is 9.71 Å². The van der Waals surface area contributed by atoms with E-state index in [1.54, 1.807) is 6.92 Å². The van der Waals surface area contributed by atoms with Crippen molar-refractivity contribution in [2.24, 2.45) is 0 Å². The van der Waals surface area contributed by atoms with Crippen LogP contribution in [0.25, 0.3) is 0 Å². The first kappa shape index (κ1) is 13.7. The Hall–Kier alpha value is -0.700. The van der Waals surface area contributed by atoms with Crippen molar-refractivity contribution in [3.8, 4) is 0 Å². The lowest BCUT2D eigenvalue weighted by Gasteiger charge is -2.34. The van der Waals surface area contributed by atoms with E-state index in [0.29, 0.717) is 36.5 Å². The SMILES string of the molecule is CCOC1CC(NS(=O)(=O)c2sc(=O)[nH]c2C)C1. The molecule has 102 valence electrons. The molecule has 6 nitrogen and oxygen atoms in total. The molecule has 0 radical (unpaired) electrons. The van der Waals surface area contributed by atoms with E-state index in [9.17, 15) is 13.2 Å². The minimum absolute atomic E-state index is 0.0763. The van der Waals surface area contributed by atoms with Gasteiger partial charge in [0.15, 0.2) is 4.21 Å². The van der Waals surface area contributed by atoms with Gasteiger partial charge in [-0.2, -0.15) is 0 Å². The Bertz CT molecular complexity index is 569. The second kappa shape index (κ2) is 5.12. The number of aromatic amines is 1. The highest BCUT2D eigenvalue weighted by Gasteiger charge is 2.34. The predicted octanol–water partition coefficient (Wildman–Crippen LogP) is 0.591. The molecule has 0 aliphatic heterocycles. The molecule has 0 amide bonds. The number of hydrogen-bond donors (Lipinski definition) is 2. The maximum Gasteiger partial charge on any atom is 0.305 e. The average Bonchev–Trinajstić information content (AvgIpc) is 2.55. The maximum absolute atomic E-state index is 12.0. The molecule has 0 aromatic carbocycles. The molecule has 8 heteroatoms. The lowest BCUT2D eigenvalue weighted by molar-refractivity contribution is -0.00474. The van der Waals surface area contributed by atoms with Crippen molar-refractivity contribution in [3.05, 3.63) is 15.4 Å². The summed E-state index contributed by atoms with van der Waals surface area (Å²) in [5.74, 6) is 0. The molecule has 1 heterocycles. The molecule has 0 bridgehead atoms. The van der Waals surface area contributed by atoms with Crippen LogP contribution >= 0.6 is 11.3 Å². The number of thiazole rings is 1. The molecule has 1 aliphatic carbocycles. The van der Waals surface area contributed by atoms with Gasteiger partial charge in [-0.25, -0.2) is 13.1 Å². The van der Waals surface area contributed by atoms with E-state index in [2.05, 4.69) is 9.71 Å². The van der Waals surface area contributed by atoms with Gasteiger partial charge in [0, 0.05) is 18.3 Å². The summed E-state index contributed by atoms with van der Waals surface area (Å²) >= 11 is 0.716. The van der Waals surface area contributed by atoms with E-state index in [4.69, 9.17) is 4.74 Å². The first-order chi connectivity index (χ1) is 8.42. The van der Waals surface area contributed by atoms with Crippen LogP contribution in [0.2, 0.25) is 0 Å². The van der Waals surface area contributed by atoms with Gasteiger partial charge < -0.3 is 9.72 Å². The van der Waals surface area contributed by atoms with Crippen molar-refractivity contribution in [3.63, 3.8) is 0 Å². The second-order valence-corrected chi connectivity index (χ2v) is 7.19. The molecule has 2 N–H and O–H groups in total. The summed E-state index contributed by atoms with van der Waals surface area (Å²) in [6, 6.07) is -0.0943. The van der Waals surface area contributed by atoms with Crippen molar-refractivity contribution >= 4 is 21.4 Å². The molecule has 1 aromatic rings. The molecular weight excluding hydrogens is 276 g/mol. The third-order valence-electron chi connectivity index (χ3n) is 2.84. The van der Waals surface area contributed by atoms with E-state index < -0.39 is 10.0 Å². The molecule has 2 rings (SSSR count). The largest absolute Gasteiger partial charge is 0.378 e. The maximum atomic E-state index is 12.0. The van der Waals surface area contributed by atoms with E-state index in [-0.39, 0.29) is 21.2 Å². The number of H-pyrrole nitrogens is 1. The topological polar surface area (TPSA) is 88.3 Å². The highest BCUT2D eigenvalue weighted by Crippen LogP contribution is 2.26. The Balaban J connectivity index is 2.01. The Labute approximate surface area is 109 Å². The van der Waals surface area contributed by atoms with Gasteiger partial charge in [0.05, 0.1) is 6.10 Å². The van der Waals surface area contributed by atoms with Gasteiger partial charge in [-0.15, -0.1) is 0 Å². The zero-order valence-electron chi connectivity index (χ0n) is 10.2. The summed E-state index contributed by atoms with van der Waals surface area (Å²) in [5.41, 5.74) is 0.387. The Morgan fingerprint density at radius 2 is 2.17 bits per heavy atom. The van der Waals surface area contributed by atoms with Crippen LogP contribution in [-0.4, -0.2) is 32.2 Å². The van der Waals surface area contributed by atoms with E-state index >= 15 is 0 Å². The third kappa shape index (κ3) is 2.82. The number of nitrogens with one attached hydrogen (secondary N) is 2. The summed E-state index contributed by atoms with van der Waals surface area (Å²) in [4.78, 5) is 13.2. The summed E-state index contributed by atoms with van der Waals surface area (Å²) in [5, 5.41) is 0. The van der Waals surface area contributed by atoms with E-state index in [1.165, 1.54) is 0 Å². The smallest absolute Gasteiger partial charge is 0.305 e. The number of sulfonamides is 1. The van der Waals surface area contributed by atoms with Crippen molar-refractivity contribution < 1.29 is 13.2 Å². The summed E-state index contributed by atoms with van der Waals surface area (Å²) in [7, 11) is -3.59. The quantitative estimate of drug-likeness (QED) is 0.831. The molecule has 0 unspecified atom stereocenters. The molecule has 1 saturated carbocycles. The molecule has 1 aromatic heterocycles. The second-order valence-electron chi connectivity index (χ2n) is 4.29. The molecule has 18 heavy (non-hydrogen) atoms. The first-order valence-corrected chi connectivity index (χ1v) is 8.06. The van der Waals surface area contributed by atoms with Gasteiger partial charge in [-0.1, -0.05) is 11.3 Å². The molecular formula is C10H16N2O4S2. The normalized spacial score (nSPS) is 23.9. The Kier molecular flexibility index (Phi) is 3.90. The van der Waals surface area contributed by atoms with Crippen molar-refractivity contribution in [2.75, 3.05) is 6.61 Å². The predicted molar refractivity (Wildman–Crippen MR) is 68.4 cm³/mol. The van der Waals surface area contributed by atoms with Gasteiger partial charge in [-0.05, 0) is 26.7 Å². The van der Waals surface area contributed by atoms with Crippen LogP contribution in [0.3, 0.4) is 0 Å².